The van der Waals surface area contributed by atoms with Crippen molar-refractivity contribution in [2.75, 3.05) is 13.7 Å². The Morgan fingerprint density at radius 3 is 2.47 bits per heavy atom. The zero-order chi connectivity index (χ0) is 12.3. The third kappa shape index (κ3) is 2.74. The molecule has 3 heteroatoms. The van der Waals surface area contributed by atoms with Gasteiger partial charge in [0.25, 0.3) is 0 Å². The molecule has 0 radical (unpaired) electrons. The van der Waals surface area contributed by atoms with Gasteiger partial charge in [-0.2, -0.15) is 0 Å². The second kappa shape index (κ2) is 5.15. The minimum atomic E-state index is -0.248. The molecule has 0 saturated heterocycles. The minimum absolute atomic E-state index is 0.248. The molecule has 0 atom stereocenters. The van der Waals surface area contributed by atoms with Gasteiger partial charge >= 0.3 is 5.97 Å². The normalized spacial score (nSPS) is 15.8. The number of esters is 1. The number of carbonyl (C=O) groups is 1. The summed E-state index contributed by atoms with van der Waals surface area (Å²) in [5, 5.41) is 0. The molecule has 0 bridgehead atoms. The molecule has 3 nitrogen and oxygen atoms in total. The largest absolute Gasteiger partial charge is 0.466 e. The Labute approximate surface area is 102 Å². The van der Waals surface area contributed by atoms with Crippen LogP contribution >= 0.6 is 0 Å². The summed E-state index contributed by atoms with van der Waals surface area (Å²) in [7, 11) is 1.41. The SMILES string of the molecule is COC(=O)C(C)=CCN1Cc2ccccc2C1. The summed E-state index contributed by atoms with van der Waals surface area (Å²) in [4.78, 5) is 13.5. The summed E-state index contributed by atoms with van der Waals surface area (Å²) in [6.07, 6.45) is 1.93. The fourth-order valence-electron chi connectivity index (χ4n) is 2.04. The lowest BCUT2D eigenvalue weighted by molar-refractivity contribution is -0.136. The lowest BCUT2D eigenvalue weighted by Gasteiger charge is -2.11. The number of methoxy groups -OCH3 is 1. The highest BCUT2D eigenvalue weighted by Crippen LogP contribution is 2.21. The predicted octanol–water partition coefficient (Wildman–Crippen LogP) is 2.12. The maximum absolute atomic E-state index is 11.2. The average molecular weight is 231 g/mol. The van der Waals surface area contributed by atoms with E-state index < -0.39 is 0 Å². The molecule has 1 heterocycles. The van der Waals surface area contributed by atoms with E-state index in [4.69, 9.17) is 0 Å². The first-order valence-corrected chi connectivity index (χ1v) is 5.75. The molecule has 0 amide bonds. The second-order valence-electron chi connectivity index (χ2n) is 4.32. The molecular weight excluding hydrogens is 214 g/mol. The maximum Gasteiger partial charge on any atom is 0.333 e. The Bertz CT molecular complexity index is 426. The molecule has 1 aliphatic rings. The molecule has 90 valence electrons. The van der Waals surface area contributed by atoms with Crippen molar-refractivity contribution in [1.82, 2.24) is 4.90 Å². The van der Waals surface area contributed by atoms with Gasteiger partial charge in [-0.1, -0.05) is 30.3 Å². The van der Waals surface area contributed by atoms with Crippen LogP contribution in [0, 0.1) is 0 Å². The summed E-state index contributed by atoms with van der Waals surface area (Å²) in [6.45, 7) is 4.49. The van der Waals surface area contributed by atoms with Gasteiger partial charge in [0, 0.05) is 25.2 Å². The quantitative estimate of drug-likeness (QED) is 0.589. The van der Waals surface area contributed by atoms with Gasteiger partial charge in [-0.25, -0.2) is 4.79 Å². The molecule has 1 aromatic rings. The number of hydrogen-bond donors (Lipinski definition) is 0. The summed E-state index contributed by atoms with van der Waals surface area (Å²) < 4.78 is 4.66. The van der Waals surface area contributed by atoms with Crippen molar-refractivity contribution in [1.29, 1.82) is 0 Å². The first-order chi connectivity index (χ1) is 8.20. The molecule has 0 unspecified atom stereocenters. The van der Waals surface area contributed by atoms with Crippen LogP contribution in [-0.2, 0) is 22.6 Å². The molecule has 2 rings (SSSR count). The van der Waals surface area contributed by atoms with Gasteiger partial charge < -0.3 is 4.74 Å². The molecule has 0 saturated carbocycles. The van der Waals surface area contributed by atoms with Crippen LogP contribution in [0.2, 0.25) is 0 Å². The molecular formula is C14H17NO2. The Hall–Kier alpha value is -1.61. The minimum Gasteiger partial charge on any atom is -0.466 e. The Morgan fingerprint density at radius 1 is 1.35 bits per heavy atom. The van der Waals surface area contributed by atoms with Crippen LogP contribution in [-0.4, -0.2) is 24.5 Å². The van der Waals surface area contributed by atoms with Gasteiger partial charge in [-0.05, 0) is 18.1 Å². The molecule has 17 heavy (non-hydrogen) atoms. The molecule has 1 aromatic carbocycles. The Balaban J connectivity index is 1.94. The van der Waals surface area contributed by atoms with Gasteiger partial charge in [-0.15, -0.1) is 0 Å². The first-order valence-electron chi connectivity index (χ1n) is 5.75. The molecule has 1 aliphatic heterocycles. The van der Waals surface area contributed by atoms with Crippen LogP contribution in [0.25, 0.3) is 0 Å². The van der Waals surface area contributed by atoms with Crippen molar-refractivity contribution < 1.29 is 9.53 Å². The summed E-state index contributed by atoms with van der Waals surface area (Å²) in [5.41, 5.74) is 3.44. The number of carbonyl (C=O) groups excluding carboxylic acids is 1. The molecule has 0 fully saturated rings. The number of nitrogens with zero attached hydrogens (tertiary/aromatic N) is 1. The van der Waals surface area contributed by atoms with E-state index in [-0.39, 0.29) is 5.97 Å². The van der Waals surface area contributed by atoms with E-state index in [0.717, 1.165) is 19.6 Å². The van der Waals surface area contributed by atoms with Crippen LogP contribution in [0.5, 0.6) is 0 Å². The second-order valence-corrected chi connectivity index (χ2v) is 4.32. The zero-order valence-corrected chi connectivity index (χ0v) is 10.3. The topological polar surface area (TPSA) is 29.5 Å². The van der Waals surface area contributed by atoms with Gasteiger partial charge in [0.05, 0.1) is 7.11 Å². The highest BCUT2D eigenvalue weighted by atomic mass is 16.5. The molecule has 0 spiro atoms. The summed E-state index contributed by atoms with van der Waals surface area (Å²) in [6, 6.07) is 8.45. The van der Waals surface area contributed by atoms with E-state index in [1.54, 1.807) is 6.92 Å². The fourth-order valence-corrected chi connectivity index (χ4v) is 2.04. The first kappa shape index (κ1) is 11.9. The molecule has 0 aliphatic carbocycles. The van der Waals surface area contributed by atoms with Crippen LogP contribution in [0.3, 0.4) is 0 Å². The highest BCUT2D eigenvalue weighted by Gasteiger charge is 2.17. The number of rotatable bonds is 3. The predicted molar refractivity (Wildman–Crippen MR) is 66.3 cm³/mol. The third-order valence-electron chi connectivity index (χ3n) is 3.07. The average Bonchev–Trinajstić information content (AvgIpc) is 2.77. The van der Waals surface area contributed by atoms with Crippen LogP contribution in [0.15, 0.2) is 35.9 Å². The van der Waals surface area contributed by atoms with Crippen molar-refractivity contribution in [3.05, 3.63) is 47.0 Å². The van der Waals surface area contributed by atoms with E-state index in [1.165, 1.54) is 18.2 Å². The fraction of sp³-hybridized carbons (Fsp3) is 0.357. The smallest absolute Gasteiger partial charge is 0.333 e. The van der Waals surface area contributed by atoms with E-state index >= 15 is 0 Å². The lowest BCUT2D eigenvalue weighted by atomic mass is 10.1. The van der Waals surface area contributed by atoms with Crippen molar-refractivity contribution in [2.45, 2.75) is 20.0 Å². The zero-order valence-electron chi connectivity index (χ0n) is 10.3. The van der Waals surface area contributed by atoms with Gasteiger partial charge in [0.2, 0.25) is 0 Å². The van der Waals surface area contributed by atoms with Crippen molar-refractivity contribution >= 4 is 5.97 Å². The third-order valence-corrected chi connectivity index (χ3v) is 3.07. The van der Waals surface area contributed by atoms with E-state index in [1.807, 2.05) is 6.08 Å². The van der Waals surface area contributed by atoms with Crippen LogP contribution < -0.4 is 0 Å². The van der Waals surface area contributed by atoms with E-state index in [2.05, 4.69) is 33.9 Å². The van der Waals surface area contributed by atoms with Gasteiger partial charge in [0.15, 0.2) is 0 Å². The van der Waals surface area contributed by atoms with E-state index in [9.17, 15) is 4.79 Å². The molecule has 0 aromatic heterocycles. The summed E-state index contributed by atoms with van der Waals surface area (Å²) >= 11 is 0. The monoisotopic (exact) mass is 231 g/mol. The number of hydrogen-bond acceptors (Lipinski definition) is 3. The van der Waals surface area contributed by atoms with Crippen molar-refractivity contribution in [2.24, 2.45) is 0 Å². The Kier molecular flexibility index (Phi) is 3.59. The maximum atomic E-state index is 11.2. The Morgan fingerprint density at radius 2 is 1.94 bits per heavy atom. The van der Waals surface area contributed by atoms with Crippen LogP contribution in [0.1, 0.15) is 18.1 Å². The number of ether oxygens (including phenoxy) is 1. The van der Waals surface area contributed by atoms with Gasteiger partial charge in [0.1, 0.15) is 0 Å². The van der Waals surface area contributed by atoms with Crippen molar-refractivity contribution in [3.63, 3.8) is 0 Å². The number of fused-ring (bicyclic) bond motifs is 1. The standard InChI is InChI=1S/C14H17NO2/c1-11(14(16)17-2)7-8-15-9-12-5-3-4-6-13(12)10-15/h3-7H,8-10H2,1-2H3. The van der Waals surface area contributed by atoms with Crippen LogP contribution in [0.4, 0.5) is 0 Å². The van der Waals surface area contributed by atoms with E-state index in [0.29, 0.717) is 5.57 Å². The van der Waals surface area contributed by atoms with Gasteiger partial charge in [-0.3, -0.25) is 4.90 Å². The van der Waals surface area contributed by atoms with Crippen molar-refractivity contribution in [3.8, 4) is 0 Å². The highest BCUT2D eigenvalue weighted by molar-refractivity contribution is 5.87. The summed E-state index contributed by atoms with van der Waals surface area (Å²) in [5.74, 6) is -0.248. The lowest BCUT2D eigenvalue weighted by Crippen LogP contribution is -2.17. The molecule has 0 N–H and O–H groups in total. The number of benzene rings is 1.